The molecule has 0 radical (unpaired) electrons. The van der Waals surface area contributed by atoms with Gasteiger partial charge >= 0.3 is 0 Å². The van der Waals surface area contributed by atoms with Crippen LogP contribution < -0.4 is 5.73 Å². The van der Waals surface area contributed by atoms with E-state index in [1.54, 1.807) is 30.3 Å². The number of oxazole rings is 1. The molecule has 0 unspecified atom stereocenters. The summed E-state index contributed by atoms with van der Waals surface area (Å²) in [6, 6.07) is 14.6. The summed E-state index contributed by atoms with van der Waals surface area (Å²) in [5, 5.41) is 9.00. The van der Waals surface area contributed by atoms with Crippen LogP contribution in [0, 0.1) is 11.3 Å². The smallest absolute Gasteiger partial charge is 0.227 e. The molecule has 0 bridgehead atoms. The molecule has 0 atom stereocenters. The Morgan fingerprint density at radius 1 is 1.11 bits per heavy atom. The van der Waals surface area contributed by atoms with E-state index in [9.17, 15) is 0 Å². The summed E-state index contributed by atoms with van der Waals surface area (Å²) in [6.07, 6.45) is 0. The predicted molar refractivity (Wildman–Crippen MR) is 68.6 cm³/mol. The number of hydrogen-bond acceptors (Lipinski definition) is 4. The quantitative estimate of drug-likeness (QED) is 0.658. The van der Waals surface area contributed by atoms with E-state index in [1.807, 2.05) is 12.1 Å². The van der Waals surface area contributed by atoms with Crippen LogP contribution in [-0.4, -0.2) is 4.98 Å². The van der Waals surface area contributed by atoms with Crippen LogP contribution in [0.25, 0.3) is 22.6 Å². The van der Waals surface area contributed by atoms with Crippen molar-refractivity contribution < 1.29 is 4.42 Å². The predicted octanol–water partition coefficient (Wildman–Crippen LogP) is 2.95. The van der Waals surface area contributed by atoms with Gasteiger partial charge in [0.15, 0.2) is 5.58 Å². The minimum Gasteiger partial charge on any atom is -0.436 e. The van der Waals surface area contributed by atoms with Gasteiger partial charge in [-0.25, -0.2) is 4.98 Å². The van der Waals surface area contributed by atoms with E-state index in [2.05, 4.69) is 11.1 Å². The van der Waals surface area contributed by atoms with E-state index in [0.717, 1.165) is 5.56 Å². The number of nitrogens with zero attached hydrogens (tertiary/aromatic N) is 2. The van der Waals surface area contributed by atoms with Crippen molar-refractivity contribution in [1.82, 2.24) is 4.98 Å². The minimum atomic E-state index is 0.493. The van der Waals surface area contributed by atoms with Gasteiger partial charge in [0.1, 0.15) is 11.6 Å². The number of hydrogen-bond donors (Lipinski definition) is 1. The van der Waals surface area contributed by atoms with Gasteiger partial charge in [-0.2, -0.15) is 5.26 Å². The van der Waals surface area contributed by atoms with Crippen molar-refractivity contribution in [2.75, 3.05) is 5.73 Å². The third kappa shape index (κ3) is 1.59. The third-order valence-electron chi connectivity index (χ3n) is 2.70. The van der Waals surface area contributed by atoms with E-state index in [1.165, 1.54) is 0 Å². The molecule has 86 valence electrons. The van der Waals surface area contributed by atoms with Crippen LogP contribution in [0.1, 0.15) is 5.56 Å². The molecule has 1 heterocycles. The van der Waals surface area contributed by atoms with Crippen LogP contribution in [-0.2, 0) is 0 Å². The second kappa shape index (κ2) is 3.90. The number of fused-ring (bicyclic) bond motifs is 1. The number of nitriles is 1. The largest absolute Gasteiger partial charge is 0.436 e. The fourth-order valence-electron chi connectivity index (χ4n) is 1.79. The van der Waals surface area contributed by atoms with Crippen LogP contribution in [0.3, 0.4) is 0 Å². The first-order valence-electron chi connectivity index (χ1n) is 5.43. The Hall–Kier alpha value is -2.80. The zero-order chi connectivity index (χ0) is 12.5. The lowest BCUT2D eigenvalue weighted by Gasteiger charge is -1.95. The van der Waals surface area contributed by atoms with Crippen LogP contribution in [0.4, 0.5) is 5.69 Å². The Balaban J connectivity index is 2.20. The van der Waals surface area contributed by atoms with Crippen LogP contribution in [0.5, 0.6) is 0 Å². The molecular weight excluding hydrogens is 226 g/mol. The van der Waals surface area contributed by atoms with Gasteiger partial charge in [-0.15, -0.1) is 0 Å². The first-order chi connectivity index (χ1) is 8.78. The highest BCUT2D eigenvalue weighted by molar-refractivity contribution is 5.82. The molecule has 3 aromatic rings. The summed E-state index contributed by atoms with van der Waals surface area (Å²) in [5.74, 6) is 0.493. The normalized spacial score (nSPS) is 10.4. The molecule has 4 heteroatoms. The Bertz CT molecular complexity index is 751. The van der Waals surface area contributed by atoms with Crippen molar-refractivity contribution in [3.05, 3.63) is 48.0 Å². The molecule has 2 N–H and O–H groups in total. The van der Waals surface area contributed by atoms with Gasteiger partial charge in [0, 0.05) is 11.3 Å². The molecule has 0 aliphatic heterocycles. The second-order valence-corrected chi connectivity index (χ2v) is 3.91. The van der Waals surface area contributed by atoms with E-state index >= 15 is 0 Å². The summed E-state index contributed by atoms with van der Waals surface area (Å²) in [7, 11) is 0. The molecule has 0 fully saturated rings. The Kier molecular flexibility index (Phi) is 2.24. The van der Waals surface area contributed by atoms with Crippen molar-refractivity contribution in [2.45, 2.75) is 0 Å². The summed E-state index contributed by atoms with van der Waals surface area (Å²) < 4.78 is 5.63. The molecule has 0 aliphatic rings. The fraction of sp³-hybridized carbons (Fsp3) is 0. The van der Waals surface area contributed by atoms with E-state index in [4.69, 9.17) is 15.4 Å². The maximum Gasteiger partial charge on any atom is 0.227 e. The van der Waals surface area contributed by atoms with E-state index in [-0.39, 0.29) is 0 Å². The average molecular weight is 235 g/mol. The molecular formula is C14H9N3O. The van der Waals surface area contributed by atoms with Gasteiger partial charge in [-0.3, -0.25) is 0 Å². The maximum absolute atomic E-state index is 9.00. The second-order valence-electron chi connectivity index (χ2n) is 3.91. The number of benzene rings is 2. The van der Waals surface area contributed by atoms with Crippen LogP contribution in [0.2, 0.25) is 0 Å². The minimum absolute atomic E-state index is 0.493. The number of anilines is 1. The van der Waals surface area contributed by atoms with Crippen LogP contribution in [0.15, 0.2) is 46.9 Å². The van der Waals surface area contributed by atoms with Crippen molar-refractivity contribution in [3.63, 3.8) is 0 Å². The maximum atomic E-state index is 9.00. The summed E-state index contributed by atoms with van der Waals surface area (Å²) in [4.78, 5) is 4.35. The van der Waals surface area contributed by atoms with Crippen molar-refractivity contribution in [3.8, 4) is 17.5 Å². The molecule has 4 nitrogen and oxygen atoms in total. The third-order valence-corrected chi connectivity index (χ3v) is 2.70. The lowest BCUT2D eigenvalue weighted by Crippen LogP contribution is -1.83. The molecule has 0 spiro atoms. The molecule has 18 heavy (non-hydrogen) atoms. The van der Waals surface area contributed by atoms with Gasteiger partial charge in [-0.1, -0.05) is 6.07 Å². The van der Waals surface area contributed by atoms with Gasteiger partial charge in [0.2, 0.25) is 5.89 Å². The average Bonchev–Trinajstić information content (AvgIpc) is 2.83. The van der Waals surface area contributed by atoms with Crippen LogP contribution >= 0.6 is 0 Å². The zero-order valence-electron chi connectivity index (χ0n) is 9.42. The van der Waals surface area contributed by atoms with Gasteiger partial charge in [-0.05, 0) is 36.4 Å². The molecule has 1 aromatic heterocycles. The van der Waals surface area contributed by atoms with Gasteiger partial charge in [0.05, 0.1) is 5.56 Å². The molecule has 0 saturated carbocycles. The number of aromatic nitrogens is 1. The number of rotatable bonds is 1. The van der Waals surface area contributed by atoms with Crippen molar-refractivity contribution in [2.24, 2.45) is 0 Å². The summed E-state index contributed by atoms with van der Waals surface area (Å²) in [5.41, 5.74) is 8.87. The van der Waals surface area contributed by atoms with E-state index in [0.29, 0.717) is 28.2 Å². The Morgan fingerprint density at radius 3 is 2.61 bits per heavy atom. The molecule has 0 saturated heterocycles. The first kappa shape index (κ1) is 10.4. The van der Waals surface area contributed by atoms with Gasteiger partial charge < -0.3 is 10.2 Å². The molecule has 0 amide bonds. The monoisotopic (exact) mass is 235 g/mol. The summed E-state index contributed by atoms with van der Waals surface area (Å²) >= 11 is 0. The zero-order valence-corrected chi connectivity index (χ0v) is 9.42. The highest BCUT2D eigenvalue weighted by Crippen LogP contribution is 2.26. The van der Waals surface area contributed by atoms with Gasteiger partial charge in [0.25, 0.3) is 0 Å². The molecule has 0 aliphatic carbocycles. The highest BCUT2D eigenvalue weighted by atomic mass is 16.3. The first-order valence-corrected chi connectivity index (χ1v) is 5.43. The Morgan fingerprint density at radius 2 is 1.89 bits per heavy atom. The highest BCUT2D eigenvalue weighted by Gasteiger charge is 2.10. The Labute approximate surface area is 103 Å². The standard InChI is InChI=1S/C14H9N3O/c15-8-10-2-1-3-12-13(10)17-14(18-12)9-4-6-11(16)7-5-9/h1-7H,16H2. The number of para-hydroxylation sites is 1. The van der Waals surface area contributed by atoms with E-state index < -0.39 is 0 Å². The lowest BCUT2D eigenvalue weighted by molar-refractivity contribution is 0.620. The number of nitrogen functional groups attached to an aromatic ring is 1. The molecule has 3 rings (SSSR count). The molecule has 2 aromatic carbocycles. The fourth-order valence-corrected chi connectivity index (χ4v) is 1.79. The lowest BCUT2D eigenvalue weighted by atomic mass is 10.2. The SMILES string of the molecule is N#Cc1cccc2oc(-c3ccc(N)cc3)nc12. The number of nitrogens with two attached hydrogens (primary N) is 1. The topological polar surface area (TPSA) is 75.8 Å². The summed E-state index contributed by atoms with van der Waals surface area (Å²) in [6.45, 7) is 0. The van der Waals surface area contributed by atoms with Crippen molar-refractivity contribution in [1.29, 1.82) is 5.26 Å². The van der Waals surface area contributed by atoms with Crippen molar-refractivity contribution >= 4 is 16.8 Å².